The van der Waals surface area contributed by atoms with E-state index in [2.05, 4.69) is 4.98 Å². The third-order valence-electron chi connectivity index (χ3n) is 2.39. The highest BCUT2D eigenvalue weighted by Gasteiger charge is 2.49. The van der Waals surface area contributed by atoms with E-state index in [4.69, 9.17) is 0 Å². The molecule has 94 valence electrons. The van der Waals surface area contributed by atoms with Crippen LogP contribution in [0.3, 0.4) is 0 Å². The second-order valence-corrected chi connectivity index (χ2v) is 4.70. The van der Waals surface area contributed by atoms with E-state index >= 15 is 0 Å². The smallest absolute Gasteiger partial charge is 0.296 e. The fourth-order valence-electron chi connectivity index (χ4n) is 1.52. The van der Waals surface area contributed by atoms with Gasteiger partial charge in [0.1, 0.15) is 0 Å². The number of hydrogen-bond acceptors (Lipinski definition) is 3. The van der Waals surface area contributed by atoms with Gasteiger partial charge in [-0.15, -0.1) is 11.3 Å². The maximum atomic E-state index is 12.6. The minimum atomic E-state index is -4.68. The van der Waals surface area contributed by atoms with Crippen LogP contribution in [0.25, 0.3) is 0 Å². The van der Waals surface area contributed by atoms with Crippen molar-refractivity contribution in [2.75, 3.05) is 5.32 Å². The number of aryl methyl sites for hydroxylation is 2. The molecule has 1 N–H and O–H groups in total. The summed E-state index contributed by atoms with van der Waals surface area (Å²) in [5.41, 5.74) is 0.755. The number of thiazole rings is 1. The van der Waals surface area contributed by atoms with E-state index in [1.54, 1.807) is 5.32 Å². The van der Waals surface area contributed by atoms with Crippen LogP contribution in [-0.4, -0.2) is 23.2 Å². The second-order valence-electron chi connectivity index (χ2n) is 3.62. The first kappa shape index (κ1) is 12.3. The van der Waals surface area contributed by atoms with Crippen LogP contribution in [0.5, 0.6) is 0 Å². The van der Waals surface area contributed by atoms with Crippen molar-refractivity contribution in [3.8, 4) is 0 Å². The molecule has 0 fully saturated rings. The van der Waals surface area contributed by atoms with Crippen LogP contribution in [0.1, 0.15) is 17.0 Å². The predicted octanol–water partition coefficient (Wildman–Crippen LogP) is 2.47. The van der Waals surface area contributed by atoms with Gasteiger partial charge in [0.15, 0.2) is 5.13 Å². The van der Waals surface area contributed by atoms with Gasteiger partial charge in [0.05, 0.1) is 5.69 Å². The number of hydrogen-bond donors (Lipinski definition) is 1. The Balaban J connectivity index is 2.08. The molecular weight excluding hydrogens is 260 g/mol. The number of amides is 1. The number of nitrogens with one attached hydrogen (secondary N) is 1. The summed E-state index contributed by atoms with van der Waals surface area (Å²) in [4.78, 5) is 15.8. The van der Waals surface area contributed by atoms with Gasteiger partial charge < -0.3 is 0 Å². The van der Waals surface area contributed by atoms with E-state index in [9.17, 15) is 22.4 Å². The van der Waals surface area contributed by atoms with Crippen LogP contribution < -0.4 is 5.32 Å². The summed E-state index contributed by atoms with van der Waals surface area (Å²) in [5, 5.41) is 1.69. The maximum absolute atomic E-state index is 12.6. The SMILES string of the molecule is O=C(Nc1nc2c(s1)CCC2)C(F)(F)C(F)F. The zero-order valence-corrected chi connectivity index (χ0v) is 9.29. The molecule has 1 amide bonds. The summed E-state index contributed by atoms with van der Waals surface area (Å²) in [6.07, 6.45) is -1.56. The summed E-state index contributed by atoms with van der Waals surface area (Å²) in [7, 11) is 0. The van der Waals surface area contributed by atoms with Crippen LogP contribution in [-0.2, 0) is 17.6 Å². The molecular formula is C9H8F4N2OS. The zero-order chi connectivity index (χ0) is 12.6. The number of aromatic nitrogens is 1. The molecule has 1 aromatic heterocycles. The average Bonchev–Trinajstić information content (AvgIpc) is 2.77. The van der Waals surface area contributed by atoms with E-state index in [1.165, 1.54) is 0 Å². The van der Waals surface area contributed by atoms with E-state index in [0.717, 1.165) is 41.2 Å². The molecule has 0 saturated carbocycles. The van der Waals surface area contributed by atoms with Gasteiger partial charge in [-0.05, 0) is 19.3 Å². The molecule has 0 saturated heterocycles. The van der Waals surface area contributed by atoms with E-state index < -0.39 is 18.3 Å². The standard InChI is InChI=1S/C9H8F4N2OS/c10-6(11)9(12,13)7(16)15-8-14-4-2-1-3-5(4)17-8/h6H,1-3H2,(H,14,15,16). The normalized spacial score (nSPS) is 15.1. The topological polar surface area (TPSA) is 42.0 Å². The number of alkyl halides is 4. The van der Waals surface area contributed by atoms with Crippen molar-refractivity contribution in [3.05, 3.63) is 10.6 Å². The summed E-state index contributed by atoms with van der Waals surface area (Å²) in [6.45, 7) is 0. The van der Waals surface area contributed by atoms with Gasteiger partial charge in [0.25, 0.3) is 0 Å². The molecule has 2 rings (SSSR count). The Kier molecular flexibility index (Phi) is 3.07. The molecule has 1 heterocycles. The summed E-state index contributed by atoms with van der Waals surface area (Å²) in [6, 6.07) is 0. The fourth-order valence-corrected chi connectivity index (χ4v) is 2.57. The third kappa shape index (κ3) is 2.26. The van der Waals surface area contributed by atoms with Crippen LogP contribution in [0.2, 0.25) is 0 Å². The Morgan fingerprint density at radius 3 is 2.71 bits per heavy atom. The maximum Gasteiger partial charge on any atom is 0.383 e. The van der Waals surface area contributed by atoms with Crippen molar-refractivity contribution in [1.82, 2.24) is 4.98 Å². The minimum Gasteiger partial charge on any atom is -0.296 e. The van der Waals surface area contributed by atoms with Crippen molar-refractivity contribution in [1.29, 1.82) is 0 Å². The summed E-state index contributed by atoms with van der Waals surface area (Å²) < 4.78 is 49.1. The van der Waals surface area contributed by atoms with Crippen molar-refractivity contribution < 1.29 is 22.4 Å². The average molecular weight is 268 g/mol. The van der Waals surface area contributed by atoms with Crippen LogP contribution in [0.4, 0.5) is 22.7 Å². The zero-order valence-electron chi connectivity index (χ0n) is 8.47. The molecule has 1 aliphatic carbocycles. The molecule has 17 heavy (non-hydrogen) atoms. The third-order valence-corrected chi connectivity index (χ3v) is 3.47. The molecule has 0 radical (unpaired) electrons. The van der Waals surface area contributed by atoms with E-state index in [0.29, 0.717) is 0 Å². The van der Waals surface area contributed by atoms with Crippen LogP contribution in [0, 0.1) is 0 Å². The lowest BCUT2D eigenvalue weighted by molar-refractivity contribution is -0.163. The quantitative estimate of drug-likeness (QED) is 0.856. The molecule has 0 aliphatic heterocycles. The first-order valence-corrected chi connectivity index (χ1v) is 5.69. The molecule has 0 bridgehead atoms. The molecule has 1 aromatic rings. The highest BCUT2D eigenvalue weighted by Crippen LogP contribution is 2.32. The van der Waals surface area contributed by atoms with Gasteiger partial charge in [0.2, 0.25) is 0 Å². The number of carbonyl (C=O) groups is 1. The highest BCUT2D eigenvalue weighted by molar-refractivity contribution is 7.15. The highest BCUT2D eigenvalue weighted by atomic mass is 32.1. The van der Waals surface area contributed by atoms with Gasteiger partial charge in [-0.3, -0.25) is 10.1 Å². The Hall–Kier alpha value is -1.18. The number of halogens is 4. The number of rotatable bonds is 3. The number of carbonyl (C=O) groups excluding carboxylic acids is 1. The minimum absolute atomic E-state index is 0.0416. The van der Waals surface area contributed by atoms with Crippen molar-refractivity contribution in [2.45, 2.75) is 31.6 Å². The monoisotopic (exact) mass is 268 g/mol. The van der Waals surface area contributed by atoms with Crippen molar-refractivity contribution >= 4 is 22.4 Å². The Morgan fingerprint density at radius 2 is 2.12 bits per heavy atom. The van der Waals surface area contributed by atoms with Gasteiger partial charge in [-0.2, -0.15) is 8.78 Å². The Bertz CT molecular complexity index is 425. The number of fused-ring (bicyclic) bond motifs is 1. The molecule has 0 spiro atoms. The molecule has 0 atom stereocenters. The van der Waals surface area contributed by atoms with Crippen LogP contribution in [0.15, 0.2) is 0 Å². The number of anilines is 1. The molecule has 0 aromatic carbocycles. The lowest BCUT2D eigenvalue weighted by atomic mass is 10.3. The lowest BCUT2D eigenvalue weighted by Gasteiger charge is -2.13. The van der Waals surface area contributed by atoms with Gasteiger partial charge >= 0.3 is 18.3 Å². The van der Waals surface area contributed by atoms with E-state index in [-0.39, 0.29) is 5.13 Å². The molecule has 0 unspecified atom stereocenters. The first-order valence-electron chi connectivity index (χ1n) is 4.87. The Labute approximate surface area is 97.8 Å². The lowest BCUT2D eigenvalue weighted by Crippen LogP contribution is -2.40. The second kappa shape index (κ2) is 4.25. The Morgan fingerprint density at radius 1 is 1.41 bits per heavy atom. The van der Waals surface area contributed by atoms with Crippen molar-refractivity contribution in [3.63, 3.8) is 0 Å². The van der Waals surface area contributed by atoms with Crippen LogP contribution >= 0.6 is 11.3 Å². The predicted molar refractivity (Wildman–Crippen MR) is 53.7 cm³/mol. The summed E-state index contributed by atoms with van der Waals surface area (Å²) in [5.74, 6) is -6.70. The molecule has 8 heteroatoms. The van der Waals surface area contributed by atoms with Gasteiger partial charge in [-0.1, -0.05) is 0 Å². The van der Waals surface area contributed by atoms with Gasteiger partial charge in [0, 0.05) is 4.88 Å². The molecule has 3 nitrogen and oxygen atoms in total. The molecule has 1 aliphatic rings. The first-order chi connectivity index (χ1) is 7.91. The largest absolute Gasteiger partial charge is 0.383 e. The van der Waals surface area contributed by atoms with E-state index in [1.807, 2.05) is 0 Å². The van der Waals surface area contributed by atoms with Crippen molar-refractivity contribution in [2.24, 2.45) is 0 Å². The summed E-state index contributed by atoms with van der Waals surface area (Å²) >= 11 is 1.06. The fraction of sp³-hybridized carbons (Fsp3) is 0.556. The number of nitrogens with zero attached hydrogens (tertiary/aromatic N) is 1. The van der Waals surface area contributed by atoms with Gasteiger partial charge in [-0.25, -0.2) is 13.8 Å².